The third kappa shape index (κ3) is 5.68. The van der Waals surface area contributed by atoms with E-state index < -0.39 is 0 Å². The molecule has 3 rings (SSSR count). The predicted molar refractivity (Wildman–Crippen MR) is 110 cm³/mol. The van der Waals surface area contributed by atoms with Gasteiger partial charge in [-0.25, -0.2) is 4.98 Å². The second-order valence-corrected chi connectivity index (χ2v) is 6.55. The molecule has 138 valence electrons. The molecule has 1 aromatic heterocycles. The van der Waals surface area contributed by atoms with Crippen molar-refractivity contribution in [3.63, 3.8) is 0 Å². The van der Waals surface area contributed by atoms with Crippen LogP contribution in [0.5, 0.6) is 0 Å². The lowest BCUT2D eigenvalue weighted by molar-refractivity contribution is 0.0948. The molecule has 0 aliphatic carbocycles. The zero-order chi connectivity index (χ0) is 18.9. The molecular formula is C23H25N3O. The second-order valence-electron chi connectivity index (χ2n) is 6.55. The summed E-state index contributed by atoms with van der Waals surface area (Å²) in [6.07, 6.45) is 3.57. The van der Waals surface area contributed by atoms with Crippen LogP contribution >= 0.6 is 0 Å². The van der Waals surface area contributed by atoms with Crippen LogP contribution in [0.3, 0.4) is 0 Å². The Kier molecular flexibility index (Phi) is 6.58. The molecule has 0 saturated carbocycles. The van der Waals surface area contributed by atoms with Crippen molar-refractivity contribution in [2.24, 2.45) is 0 Å². The van der Waals surface area contributed by atoms with Crippen LogP contribution in [0.1, 0.15) is 41.0 Å². The number of hydrogen-bond acceptors (Lipinski definition) is 3. The summed E-state index contributed by atoms with van der Waals surface area (Å²) in [4.78, 5) is 16.5. The second kappa shape index (κ2) is 9.53. The molecule has 4 heteroatoms. The third-order valence-electron chi connectivity index (χ3n) is 4.45. The lowest BCUT2D eigenvalue weighted by atomic mass is 10.1. The fraction of sp³-hybridized carbons (Fsp3) is 0.217. The first-order valence-electron chi connectivity index (χ1n) is 9.32. The monoisotopic (exact) mass is 359 g/mol. The number of pyridine rings is 1. The Bertz CT molecular complexity index is 833. The van der Waals surface area contributed by atoms with Crippen molar-refractivity contribution in [1.29, 1.82) is 0 Å². The fourth-order valence-electron chi connectivity index (χ4n) is 2.92. The Morgan fingerprint density at radius 2 is 1.67 bits per heavy atom. The zero-order valence-corrected chi connectivity index (χ0v) is 15.6. The Morgan fingerprint density at radius 1 is 0.963 bits per heavy atom. The maximum atomic E-state index is 12.2. The number of anilines is 1. The number of carbonyl (C=O) groups is 1. The SMILES string of the molecule is CC(Nc1ccc(C(=O)NCCCc2ccccc2)nc1)c1ccccc1. The van der Waals surface area contributed by atoms with Crippen LogP contribution in [0.2, 0.25) is 0 Å². The van der Waals surface area contributed by atoms with E-state index in [2.05, 4.69) is 46.8 Å². The van der Waals surface area contributed by atoms with Crippen molar-refractivity contribution in [2.45, 2.75) is 25.8 Å². The molecule has 4 nitrogen and oxygen atoms in total. The normalized spacial score (nSPS) is 11.6. The lowest BCUT2D eigenvalue weighted by Gasteiger charge is -2.15. The number of aromatic nitrogens is 1. The number of hydrogen-bond donors (Lipinski definition) is 2. The first kappa shape index (κ1) is 18.6. The smallest absolute Gasteiger partial charge is 0.269 e. The molecule has 27 heavy (non-hydrogen) atoms. The van der Waals surface area contributed by atoms with E-state index in [4.69, 9.17) is 0 Å². The average molecular weight is 359 g/mol. The number of amides is 1. The maximum absolute atomic E-state index is 12.2. The van der Waals surface area contributed by atoms with Gasteiger partial charge in [0.1, 0.15) is 5.69 Å². The van der Waals surface area contributed by atoms with Crippen LogP contribution in [0.4, 0.5) is 5.69 Å². The van der Waals surface area contributed by atoms with Crippen LogP contribution in [0.25, 0.3) is 0 Å². The molecule has 2 N–H and O–H groups in total. The van der Waals surface area contributed by atoms with Crippen LogP contribution in [0, 0.1) is 0 Å². The molecule has 1 amide bonds. The van der Waals surface area contributed by atoms with E-state index in [9.17, 15) is 4.79 Å². The number of benzene rings is 2. The van der Waals surface area contributed by atoms with Crippen LogP contribution in [0.15, 0.2) is 79.0 Å². The number of nitrogens with zero attached hydrogens (tertiary/aromatic N) is 1. The maximum Gasteiger partial charge on any atom is 0.269 e. The van der Waals surface area contributed by atoms with Crippen molar-refractivity contribution >= 4 is 11.6 Å². The Balaban J connectivity index is 1.45. The Hall–Kier alpha value is -3.14. The van der Waals surface area contributed by atoms with Gasteiger partial charge in [-0.2, -0.15) is 0 Å². The molecule has 1 atom stereocenters. The van der Waals surface area contributed by atoms with Gasteiger partial charge in [-0.15, -0.1) is 0 Å². The van der Waals surface area contributed by atoms with E-state index in [1.807, 2.05) is 42.5 Å². The molecule has 0 radical (unpaired) electrons. The highest BCUT2D eigenvalue weighted by molar-refractivity contribution is 5.92. The topological polar surface area (TPSA) is 54.0 Å². The molecule has 0 saturated heterocycles. The summed E-state index contributed by atoms with van der Waals surface area (Å²) in [6.45, 7) is 2.74. The zero-order valence-electron chi connectivity index (χ0n) is 15.6. The van der Waals surface area contributed by atoms with E-state index in [-0.39, 0.29) is 11.9 Å². The minimum absolute atomic E-state index is 0.134. The summed E-state index contributed by atoms with van der Waals surface area (Å²) in [5, 5.41) is 6.33. The summed E-state index contributed by atoms with van der Waals surface area (Å²) in [5.41, 5.74) is 3.82. The fourth-order valence-corrected chi connectivity index (χ4v) is 2.92. The van der Waals surface area contributed by atoms with Gasteiger partial charge >= 0.3 is 0 Å². The quantitative estimate of drug-likeness (QED) is 0.577. The van der Waals surface area contributed by atoms with Crippen molar-refractivity contribution in [1.82, 2.24) is 10.3 Å². The van der Waals surface area contributed by atoms with E-state index in [1.54, 1.807) is 12.3 Å². The minimum atomic E-state index is -0.134. The molecular weight excluding hydrogens is 334 g/mol. The number of rotatable bonds is 8. The van der Waals surface area contributed by atoms with Gasteiger partial charge in [-0.3, -0.25) is 4.79 Å². The first-order valence-corrected chi connectivity index (χ1v) is 9.32. The van der Waals surface area contributed by atoms with Crippen molar-refractivity contribution in [3.8, 4) is 0 Å². The van der Waals surface area contributed by atoms with Crippen LogP contribution in [-0.4, -0.2) is 17.4 Å². The van der Waals surface area contributed by atoms with E-state index in [0.717, 1.165) is 18.5 Å². The number of nitrogens with one attached hydrogen (secondary N) is 2. The van der Waals surface area contributed by atoms with Crippen molar-refractivity contribution < 1.29 is 4.79 Å². The van der Waals surface area contributed by atoms with E-state index in [1.165, 1.54) is 11.1 Å². The van der Waals surface area contributed by atoms with E-state index in [0.29, 0.717) is 12.2 Å². The van der Waals surface area contributed by atoms with Gasteiger partial charge in [0, 0.05) is 12.6 Å². The van der Waals surface area contributed by atoms with Crippen molar-refractivity contribution in [2.75, 3.05) is 11.9 Å². The van der Waals surface area contributed by atoms with Gasteiger partial charge < -0.3 is 10.6 Å². The molecule has 0 spiro atoms. The summed E-state index contributed by atoms with van der Waals surface area (Å²) < 4.78 is 0. The van der Waals surface area contributed by atoms with E-state index >= 15 is 0 Å². The van der Waals surface area contributed by atoms with Crippen LogP contribution in [-0.2, 0) is 6.42 Å². The van der Waals surface area contributed by atoms with Gasteiger partial charge in [0.25, 0.3) is 5.91 Å². The molecule has 1 unspecified atom stereocenters. The summed E-state index contributed by atoms with van der Waals surface area (Å²) in [6, 6.07) is 24.3. The Morgan fingerprint density at radius 3 is 2.33 bits per heavy atom. The third-order valence-corrected chi connectivity index (χ3v) is 4.45. The average Bonchev–Trinajstić information content (AvgIpc) is 2.73. The highest BCUT2D eigenvalue weighted by atomic mass is 16.1. The number of aryl methyl sites for hydroxylation is 1. The van der Waals surface area contributed by atoms with Gasteiger partial charge in [-0.1, -0.05) is 60.7 Å². The largest absolute Gasteiger partial charge is 0.377 e. The molecule has 2 aromatic carbocycles. The van der Waals surface area contributed by atoms with Gasteiger partial charge in [0.2, 0.25) is 0 Å². The molecule has 0 aliphatic rings. The highest BCUT2D eigenvalue weighted by Crippen LogP contribution is 2.18. The van der Waals surface area contributed by atoms with Crippen molar-refractivity contribution in [3.05, 3.63) is 95.8 Å². The Labute approximate surface area is 160 Å². The van der Waals surface area contributed by atoms with Gasteiger partial charge in [-0.05, 0) is 43.0 Å². The summed E-state index contributed by atoms with van der Waals surface area (Å²) in [7, 11) is 0. The summed E-state index contributed by atoms with van der Waals surface area (Å²) >= 11 is 0. The first-order chi connectivity index (χ1) is 13.2. The highest BCUT2D eigenvalue weighted by Gasteiger charge is 2.08. The molecule has 1 heterocycles. The molecule has 3 aromatic rings. The predicted octanol–water partition coefficient (Wildman–Crippen LogP) is 4.62. The van der Waals surface area contributed by atoms with Gasteiger partial charge in [0.15, 0.2) is 0 Å². The molecule has 0 bridgehead atoms. The van der Waals surface area contributed by atoms with Gasteiger partial charge in [0.05, 0.1) is 11.9 Å². The standard InChI is InChI=1S/C23H25N3O/c1-18(20-12-6-3-7-13-20)26-21-14-15-22(25-17-21)23(27)24-16-8-11-19-9-4-2-5-10-19/h2-7,9-10,12-15,17-18,26H,8,11,16H2,1H3,(H,24,27). The molecule has 0 aliphatic heterocycles. The summed E-state index contributed by atoms with van der Waals surface area (Å²) in [5.74, 6) is -0.134. The minimum Gasteiger partial charge on any atom is -0.377 e. The number of carbonyl (C=O) groups excluding carboxylic acids is 1. The van der Waals surface area contributed by atoms with Crippen LogP contribution < -0.4 is 10.6 Å². The lowest BCUT2D eigenvalue weighted by Crippen LogP contribution is -2.25. The molecule has 0 fully saturated rings.